The van der Waals surface area contributed by atoms with Crippen LogP contribution in [0, 0.1) is 11.3 Å². The molecule has 1 aromatic carbocycles. The number of alkyl halides is 6. The van der Waals surface area contributed by atoms with Gasteiger partial charge in [-0.3, -0.25) is 0 Å². The van der Waals surface area contributed by atoms with Gasteiger partial charge in [-0.2, -0.15) is 31.6 Å². The van der Waals surface area contributed by atoms with Gasteiger partial charge in [0.15, 0.2) is 0 Å². The molecule has 0 aliphatic heterocycles. The number of benzene rings is 1. The van der Waals surface area contributed by atoms with Crippen LogP contribution in [-0.4, -0.2) is 4.98 Å². The molecule has 138 valence electrons. The van der Waals surface area contributed by atoms with Gasteiger partial charge in [0, 0.05) is 5.56 Å². The predicted octanol–water partition coefficient (Wildman–Crippen LogP) is 6.39. The fourth-order valence-corrected chi connectivity index (χ4v) is 3.14. The highest BCUT2D eigenvalue weighted by Gasteiger charge is 2.36. The summed E-state index contributed by atoms with van der Waals surface area (Å²) in [5.74, 6) is 0. The summed E-state index contributed by atoms with van der Waals surface area (Å²) in [6.45, 7) is 0. The second kappa shape index (κ2) is 6.70. The van der Waals surface area contributed by atoms with E-state index in [2.05, 4.69) is 4.98 Å². The Balaban J connectivity index is 2.25. The molecule has 0 amide bonds. The number of halogens is 6. The summed E-state index contributed by atoms with van der Waals surface area (Å²) in [6, 6.07) is 8.94. The van der Waals surface area contributed by atoms with Crippen molar-refractivity contribution in [2.45, 2.75) is 12.4 Å². The molecule has 2 aromatic heterocycles. The molecule has 0 bridgehead atoms. The van der Waals surface area contributed by atoms with Crippen molar-refractivity contribution in [3.05, 3.63) is 64.5 Å². The minimum Gasteiger partial charge on any atom is -0.246 e. The summed E-state index contributed by atoms with van der Waals surface area (Å²) in [5.41, 5.74) is -3.20. The lowest BCUT2D eigenvalue weighted by Crippen LogP contribution is -2.11. The van der Waals surface area contributed by atoms with Crippen LogP contribution in [0.4, 0.5) is 26.3 Å². The first-order valence-corrected chi connectivity index (χ1v) is 8.23. The second-order valence-electron chi connectivity index (χ2n) is 5.44. The standard InChI is InChI=1S/C18H8F6N2S/c19-17(20,21)11-5-3-10(4-6-11)16-12(9-25)13(18(22,23)24)8-14(26-16)15-2-1-7-27-15/h1-8H. The van der Waals surface area contributed by atoms with Crippen LogP contribution in [0.5, 0.6) is 0 Å². The first-order chi connectivity index (χ1) is 12.6. The number of thiophene rings is 1. The lowest BCUT2D eigenvalue weighted by atomic mass is 9.99. The molecule has 0 N–H and O–H groups in total. The number of hydrogen-bond donors (Lipinski definition) is 0. The molecular weight excluding hydrogens is 390 g/mol. The second-order valence-corrected chi connectivity index (χ2v) is 6.39. The Morgan fingerprint density at radius 2 is 1.59 bits per heavy atom. The number of hydrogen-bond acceptors (Lipinski definition) is 3. The Morgan fingerprint density at radius 3 is 2.07 bits per heavy atom. The zero-order chi connectivity index (χ0) is 19.8. The summed E-state index contributed by atoms with van der Waals surface area (Å²) in [6.07, 6.45) is -9.40. The minimum absolute atomic E-state index is 0.00813. The third-order valence-electron chi connectivity index (χ3n) is 3.70. The van der Waals surface area contributed by atoms with Gasteiger partial charge >= 0.3 is 12.4 Å². The van der Waals surface area contributed by atoms with Crippen molar-refractivity contribution >= 4 is 11.3 Å². The Hall–Kier alpha value is -2.86. The summed E-state index contributed by atoms with van der Waals surface area (Å²) in [4.78, 5) is 4.57. The average Bonchev–Trinajstić information content (AvgIpc) is 3.14. The maximum atomic E-state index is 13.4. The summed E-state index contributed by atoms with van der Waals surface area (Å²) in [5, 5.41) is 10.9. The highest BCUT2D eigenvalue weighted by molar-refractivity contribution is 7.13. The van der Waals surface area contributed by atoms with E-state index in [9.17, 15) is 31.6 Å². The van der Waals surface area contributed by atoms with E-state index in [0.717, 1.165) is 41.7 Å². The van der Waals surface area contributed by atoms with Gasteiger partial charge < -0.3 is 0 Å². The molecule has 0 radical (unpaired) electrons. The van der Waals surface area contributed by atoms with Gasteiger partial charge in [-0.25, -0.2) is 4.98 Å². The van der Waals surface area contributed by atoms with Crippen LogP contribution in [-0.2, 0) is 12.4 Å². The first-order valence-electron chi connectivity index (χ1n) is 7.35. The van der Waals surface area contributed by atoms with Crippen LogP contribution in [0.15, 0.2) is 47.8 Å². The maximum absolute atomic E-state index is 13.4. The predicted molar refractivity (Wildman–Crippen MR) is 87.7 cm³/mol. The fourth-order valence-electron chi connectivity index (χ4n) is 2.46. The average molecular weight is 398 g/mol. The smallest absolute Gasteiger partial charge is 0.246 e. The molecule has 0 spiro atoms. The largest absolute Gasteiger partial charge is 0.417 e. The van der Waals surface area contributed by atoms with E-state index < -0.39 is 29.0 Å². The minimum atomic E-state index is -4.82. The van der Waals surface area contributed by atoms with Crippen LogP contribution in [0.1, 0.15) is 16.7 Å². The van der Waals surface area contributed by atoms with E-state index in [1.807, 2.05) is 0 Å². The van der Waals surface area contributed by atoms with Gasteiger partial charge in [0.1, 0.15) is 6.07 Å². The SMILES string of the molecule is N#Cc1c(C(F)(F)F)cc(-c2cccs2)nc1-c1ccc(C(F)(F)F)cc1. The molecular formula is C18H8F6N2S. The number of rotatable bonds is 2. The van der Waals surface area contributed by atoms with E-state index in [1.165, 1.54) is 6.07 Å². The van der Waals surface area contributed by atoms with Gasteiger partial charge in [0.25, 0.3) is 0 Å². The molecule has 0 saturated carbocycles. The monoisotopic (exact) mass is 398 g/mol. The molecule has 0 unspecified atom stereocenters. The van der Waals surface area contributed by atoms with Crippen molar-refractivity contribution in [3.8, 4) is 27.9 Å². The van der Waals surface area contributed by atoms with Gasteiger partial charge in [-0.1, -0.05) is 18.2 Å². The number of nitriles is 1. The lowest BCUT2D eigenvalue weighted by Gasteiger charge is -2.14. The van der Waals surface area contributed by atoms with Crippen LogP contribution in [0.25, 0.3) is 21.8 Å². The van der Waals surface area contributed by atoms with Crippen molar-refractivity contribution < 1.29 is 26.3 Å². The number of nitrogens with zero attached hydrogens (tertiary/aromatic N) is 2. The van der Waals surface area contributed by atoms with E-state index in [4.69, 9.17) is 0 Å². The van der Waals surface area contributed by atoms with Crippen molar-refractivity contribution in [2.75, 3.05) is 0 Å². The van der Waals surface area contributed by atoms with Crippen molar-refractivity contribution in [1.29, 1.82) is 5.26 Å². The number of pyridine rings is 1. The molecule has 27 heavy (non-hydrogen) atoms. The topological polar surface area (TPSA) is 36.7 Å². The molecule has 3 rings (SSSR count). The van der Waals surface area contributed by atoms with E-state index in [-0.39, 0.29) is 17.0 Å². The number of aromatic nitrogens is 1. The van der Waals surface area contributed by atoms with Gasteiger partial charge in [-0.15, -0.1) is 11.3 Å². The Bertz CT molecular complexity index is 997. The molecule has 0 aliphatic carbocycles. The van der Waals surface area contributed by atoms with Crippen LogP contribution >= 0.6 is 11.3 Å². The van der Waals surface area contributed by atoms with Crippen molar-refractivity contribution in [1.82, 2.24) is 4.98 Å². The normalized spacial score (nSPS) is 12.0. The van der Waals surface area contributed by atoms with Gasteiger partial charge in [0.05, 0.1) is 33.0 Å². The van der Waals surface area contributed by atoms with Gasteiger partial charge in [-0.05, 0) is 29.6 Å². The molecule has 0 fully saturated rings. The summed E-state index contributed by atoms with van der Waals surface area (Å²) in [7, 11) is 0. The molecule has 0 saturated heterocycles. The highest BCUT2D eigenvalue weighted by Crippen LogP contribution is 2.39. The fraction of sp³-hybridized carbons (Fsp3) is 0.111. The van der Waals surface area contributed by atoms with Crippen molar-refractivity contribution in [3.63, 3.8) is 0 Å². The highest BCUT2D eigenvalue weighted by atomic mass is 32.1. The molecule has 0 aliphatic rings. The zero-order valence-electron chi connectivity index (χ0n) is 13.2. The maximum Gasteiger partial charge on any atom is 0.417 e. The summed E-state index contributed by atoms with van der Waals surface area (Å²) < 4.78 is 78.5. The lowest BCUT2D eigenvalue weighted by molar-refractivity contribution is -0.138. The molecule has 2 nitrogen and oxygen atoms in total. The third kappa shape index (κ3) is 3.80. The van der Waals surface area contributed by atoms with Crippen molar-refractivity contribution in [2.24, 2.45) is 0 Å². The Morgan fingerprint density at radius 1 is 0.926 bits per heavy atom. The molecule has 9 heteroatoms. The molecule has 0 atom stereocenters. The summed E-state index contributed by atoms with van der Waals surface area (Å²) >= 11 is 1.16. The Labute approximate surface area is 153 Å². The van der Waals surface area contributed by atoms with E-state index >= 15 is 0 Å². The molecule has 2 heterocycles. The zero-order valence-corrected chi connectivity index (χ0v) is 14.0. The van der Waals surface area contributed by atoms with Crippen LogP contribution < -0.4 is 0 Å². The van der Waals surface area contributed by atoms with E-state index in [1.54, 1.807) is 17.5 Å². The third-order valence-corrected chi connectivity index (χ3v) is 4.59. The van der Waals surface area contributed by atoms with Crippen LogP contribution in [0.3, 0.4) is 0 Å². The first kappa shape index (κ1) is 18.9. The van der Waals surface area contributed by atoms with Crippen LogP contribution in [0.2, 0.25) is 0 Å². The Kier molecular flexibility index (Phi) is 4.70. The molecule has 3 aromatic rings. The van der Waals surface area contributed by atoms with E-state index in [0.29, 0.717) is 4.88 Å². The van der Waals surface area contributed by atoms with Gasteiger partial charge in [0.2, 0.25) is 0 Å². The quantitative estimate of drug-likeness (QED) is 0.469.